The first-order chi connectivity index (χ1) is 8.97. The van der Waals surface area contributed by atoms with Gasteiger partial charge in [-0.2, -0.15) is 0 Å². The lowest BCUT2D eigenvalue weighted by molar-refractivity contribution is 0.0699. The largest absolute Gasteiger partial charge is 0.382 e. The van der Waals surface area contributed by atoms with Gasteiger partial charge in [-0.3, -0.25) is 0 Å². The Morgan fingerprint density at radius 3 is 2.68 bits per heavy atom. The molecule has 0 radical (unpaired) electrons. The molecular weight excluding hydrogens is 290 g/mol. The molecule has 1 aromatic rings. The van der Waals surface area contributed by atoms with Gasteiger partial charge < -0.3 is 15.2 Å². The van der Waals surface area contributed by atoms with Gasteiger partial charge in [0.2, 0.25) is 0 Å². The molecule has 0 fully saturated rings. The van der Waals surface area contributed by atoms with E-state index in [1.54, 1.807) is 14.0 Å². The van der Waals surface area contributed by atoms with Crippen LogP contribution < -0.4 is 10.5 Å². The van der Waals surface area contributed by atoms with Gasteiger partial charge in [-0.15, -0.1) is 0 Å². The van der Waals surface area contributed by atoms with Crippen molar-refractivity contribution in [3.63, 3.8) is 0 Å². The molecule has 1 rings (SSSR count). The van der Waals surface area contributed by atoms with E-state index in [0.717, 1.165) is 11.3 Å². The number of rotatable bonds is 9. The average molecular weight is 309 g/mol. The third-order valence-electron chi connectivity index (χ3n) is 2.20. The lowest BCUT2D eigenvalue weighted by atomic mass is 10.5. The molecule has 3 N–H and O–H groups in total. The number of thiazole rings is 1. The summed E-state index contributed by atoms with van der Waals surface area (Å²) >= 11 is 0.965. The number of sulfonamides is 1. The van der Waals surface area contributed by atoms with Crippen LogP contribution in [0.3, 0.4) is 0 Å². The van der Waals surface area contributed by atoms with Crippen molar-refractivity contribution in [3.8, 4) is 0 Å². The number of methoxy groups -OCH3 is 1. The second-order valence-corrected chi connectivity index (χ2v) is 6.77. The summed E-state index contributed by atoms with van der Waals surface area (Å²) in [6.45, 7) is 3.45. The molecule has 0 atom stereocenters. The van der Waals surface area contributed by atoms with E-state index in [1.165, 1.54) is 0 Å². The van der Waals surface area contributed by atoms with Crippen LogP contribution in [0.5, 0.6) is 0 Å². The molecule has 0 spiro atoms. The van der Waals surface area contributed by atoms with Gasteiger partial charge in [0.15, 0.2) is 9.34 Å². The van der Waals surface area contributed by atoms with Gasteiger partial charge in [0.1, 0.15) is 0 Å². The molecule has 0 unspecified atom stereocenters. The van der Waals surface area contributed by atoms with Gasteiger partial charge in [-0.25, -0.2) is 18.1 Å². The Morgan fingerprint density at radius 1 is 1.37 bits per heavy atom. The molecule has 0 bridgehead atoms. The van der Waals surface area contributed by atoms with Crippen molar-refractivity contribution in [2.45, 2.75) is 17.6 Å². The second kappa shape index (κ2) is 7.75. The van der Waals surface area contributed by atoms with Crippen LogP contribution in [0.4, 0.5) is 5.13 Å². The van der Waals surface area contributed by atoms with Crippen LogP contribution in [0, 0.1) is 6.92 Å². The molecule has 7 nitrogen and oxygen atoms in total. The van der Waals surface area contributed by atoms with E-state index in [4.69, 9.17) is 15.2 Å². The number of aromatic nitrogens is 1. The summed E-state index contributed by atoms with van der Waals surface area (Å²) in [5.41, 5.74) is 5.90. The van der Waals surface area contributed by atoms with Crippen LogP contribution in [0.15, 0.2) is 4.21 Å². The summed E-state index contributed by atoms with van der Waals surface area (Å²) in [6.07, 6.45) is 0.594. The number of nitrogens with two attached hydrogens (primary N) is 1. The number of ether oxygens (including phenoxy) is 2. The first kappa shape index (κ1) is 16.3. The van der Waals surface area contributed by atoms with Gasteiger partial charge in [-0.05, 0) is 13.3 Å². The van der Waals surface area contributed by atoms with Crippen LogP contribution in [-0.2, 0) is 19.5 Å². The highest BCUT2D eigenvalue weighted by Gasteiger charge is 2.20. The zero-order valence-electron chi connectivity index (χ0n) is 11.0. The summed E-state index contributed by atoms with van der Waals surface area (Å²) in [4.78, 5) is 3.89. The fourth-order valence-corrected chi connectivity index (χ4v) is 3.76. The summed E-state index contributed by atoms with van der Waals surface area (Å²) in [6, 6.07) is 0. The first-order valence-electron chi connectivity index (χ1n) is 5.76. The highest BCUT2D eigenvalue weighted by atomic mass is 32.2. The summed E-state index contributed by atoms with van der Waals surface area (Å²) in [5.74, 6) is 0. The van der Waals surface area contributed by atoms with Crippen LogP contribution in [0.25, 0.3) is 0 Å². The van der Waals surface area contributed by atoms with Gasteiger partial charge >= 0.3 is 0 Å². The smallest absolute Gasteiger partial charge is 0.252 e. The zero-order chi connectivity index (χ0) is 14.3. The minimum Gasteiger partial charge on any atom is -0.382 e. The zero-order valence-corrected chi connectivity index (χ0v) is 12.6. The van der Waals surface area contributed by atoms with Crippen LogP contribution in [0.2, 0.25) is 0 Å². The van der Waals surface area contributed by atoms with E-state index in [9.17, 15) is 8.42 Å². The quantitative estimate of drug-likeness (QED) is 0.639. The van der Waals surface area contributed by atoms with E-state index >= 15 is 0 Å². The SMILES string of the molecule is COCCOCCCNS(=O)(=O)c1sc(N)nc1C. The van der Waals surface area contributed by atoms with Crippen molar-refractivity contribution < 1.29 is 17.9 Å². The summed E-state index contributed by atoms with van der Waals surface area (Å²) in [7, 11) is -1.92. The van der Waals surface area contributed by atoms with Gasteiger partial charge in [-0.1, -0.05) is 11.3 Å². The fraction of sp³-hybridized carbons (Fsp3) is 0.700. The van der Waals surface area contributed by atoms with Crippen molar-refractivity contribution in [2.75, 3.05) is 39.2 Å². The summed E-state index contributed by atoms with van der Waals surface area (Å²) in [5, 5.41) is 0.251. The van der Waals surface area contributed by atoms with E-state index in [-0.39, 0.29) is 9.34 Å². The third kappa shape index (κ3) is 5.41. The van der Waals surface area contributed by atoms with Crippen molar-refractivity contribution >= 4 is 26.5 Å². The van der Waals surface area contributed by atoms with E-state index < -0.39 is 10.0 Å². The Bertz CT molecular complexity index is 487. The number of aryl methyl sites for hydroxylation is 1. The number of nitrogen functional groups attached to an aromatic ring is 1. The average Bonchev–Trinajstić information content (AvgIpc) is 2.68. The molecule has 0 amide bonds. The number of anilines is 1. The molecule has 0 aromatic carbocycles. The number of nitrogens with one attached hydrogen (secondary N) is 1. The normalized spacial score (nSPS) is 11.9. The lowest BCUT2D eigenvalue weighted by Crippen LogP contribution is -2.25. The minimum atomic E-state index is -3.52. The molecule has 0 aliphatic carbocycles. The molecular formula is C10H19N3O4S2. The maximum Gasteiger partial charge on any atom is 0.252 e. The molecule has 1 heterocycles. The Kier molecular flexibility index (Phi) is 6.66. The van der Waals surface area contributed by atoms with E-state index in [0.29, 0.717) is 38.5 Å². The van der Waals surface area contributed by atoms with E-state index in [2.05, 4.69) is 9.71 Å². The molecule has 19 heavy (non-hydrogen) atoms. The maximum absolute atomic E-state index is 11.9. The van der Waals surface area contributed by atoms with Gasteiger partial charge in [0.25, 0.3) is 10.0 Å². The Balaban J connectivity index is 2.34. The maximum atomic E-state index is 11.9. The van der Waals surface area contributed by atoms with Gasteiger partial charge in [0, 0.05) is 20.3 Å². The number of nitrogens with zero attached hydrogens (tertiary/aromatic N) is 1. The highest BCUT2D eigenvalue weighted by molar-refractivity contribution is 7.91. The standard InChI is InChI=1S/C10H19N3O4S2/c1-8-9(18-10(11)13-8)19(14,15)12-4-3-5-17-7-6-16-2/h12H,3-7H2,1-2H3,(H2,11,13). The predicted molar refractivity (Wildman–Crippen MR) is 73.8 cm³/mol. The number of hydrogen-bond donors (Lipinski definition) is 2. The lowest BCUT2D eigenvalue weighted by Gasteiger charge is -2.06. The van der Waals surface area contributed by atoms with Crippen LogP contribution >= 0.6 is 11.3 Å². The van der Waals surface area contributed by atoms with E-state index in [1.807, 2.05) is 0 Å². The van der Waals surface area contributed by atoms with Gasteiger partial charge in [0.05, 0.1) is 18.9 Å². The fourth-order valence-electron chi connectivity index (χ4n) is 1.34. The molecule has 1 aromatic heterocycles. The third-order valence-corrected chi connectivity index (χ3v) is 5.26. The highest BCUT2D eigenvalue weighted by Crippen LogP contribution is 2.24. The predicted octanol–water partition coefficient (Wildman–Crippen LogP) is 0.365. The van der Waals surface area contributed by atoms with Crippen molar-refractivity contribution in [2.24, 2.45) is 0 Å². The topological polar surface area (TPSA) is 104 Å². The Morgan fingerprint density at radius 2 is 2.11 bits per heavy atom. The molecule has 0 saturated carbocycles. The Hall–Kier alpha value is -0.740. The Labute approximate surface area is 117 Å². The molecule has 0 aliphatic rings. The van der Waals surface area contributed by atoms with Crippen molar-refractivity contribution in [3.05, 3.63) is 5.69 Å². The number of hydrogen-bond acceptors (Lipinski definition) is 7. The van der Waals surface area contributed by atoms with Crippen molar-refractivity contribution in [1.29, 1.82) is 0 Å². The molecule has 0 saturated heterocycles. The molecule has 9 heteroatoms. The van der Waals surface area contributed by atoms with Crippen molar-refractivity contribution in [1.82, 2.24) is 9.71 Å². The summed E-state index contributed by atoms with van der Waals surface area (Å²) < 4.78 is 36.6. The first-order valence-corrected chi connectivity index (χ1v) is 8.06. The van der Waals surface area contributed by atoms with Crippen LogP contribution in [0.1, 0.15) is 12.1 Å². The molecule has 110 valence electrons. The van der Waals surface area contributed by atoms with Crippen LogP contribution in [-0.4, -0.2) is 46.9 Å². The monoisotopic (exact) mass is 309 g/mol. The second-order valence-electron chi connectivity index (χ2n) is 3.78. The minimum absolute atomic E-state index is 0.172. The molecule has 0 aliphatic heterocycles.